The average Bonchev–Trinajstić information content (AvgIpc) is 2.80. The lowest BCUT2D eigenvalue weighted by Gasteiger charge is -2.07. The van der Waals surface area contributed by atoms with Crippen LogP contribution in [0.25, 0.3) is 5.65 Å². The van der Waals surface area contributed by atoms with Gasteiger partial charge in [0.25, 0.3) is 5.56 Å². The number of hydrogen-bond donors (Lipinski definition) is 1. The van der Waals surface area contributed by atoms with Gasteiger partial charge < -0.3 is 0 Å². The molecule has 0 aliphatic rings. The second kappa shape index (κ2) is 5.20. The zero-order valence-corrected chi connectivity index (χ0v) is 13.1. The molecule has 0 aliphatic carbocycles. The zero-order valence-electron chi connectivity index (χ0n) is 11.6. The van der Waals surface area contributed by atoms with Crippen LogP contribution in [-0.2, 0) is 6.42 Å². The summed E-state index contributed by atoms with van der Waals surface area (Å²) in [5.74, 6) is 0. The van der Waals surface area contributed by atoms with Crippen molar-refractivity contribution in [3.8, 4) is 0 Å². The van der Waals surface area contributed by atoms with Crippen molar-refractivity contribution in [1.29, 1.82) is 0 Å². The average molecular weight is 322 g/mol. The highest BCUT2D eigenvalue weighted by molar-refractivity contribution is 6.42. The SMILES string of the molecule is Cc1nc2c(C)c[nH]n2c(=O)c1Cc1ccc(Cl)c(Cl)c1. The number of halogens is 2. The first-order valence-electron chi connectivity index (χ1n) is 6.47. The maximum atomic E-state index is 12.6. The fraction of sp³-hybridized carbons (Fsp3) is 0.200. The molecule has 1 aromatic carbocycles. The smallest absolute Gasteiger partial charge is 0.276 e. The second-order valence-electron chi connectivity index (χ2n) is 5.02. The molecule has 3 rings (SSSR count). The van der Waals surface area contributed by atoms with E-state index in [-0.39, 0.29) is 5.56 Å². The molecule has 0 saturated heterocycles. The molecule has 108 valence electrons. The lowest BCUT2D eigenvalue weighted by Crippen LogP contribution is -2.22. The van der Waals surface area contributed by atoms with Crippen LogP contribution in [0.15, 0.2) is 29.2 Å². The summed E-state index contributed by atoms with van der Waals surface area (Å²) in [7, 11) is 0. The highest BCUT2D eigenvalue weighted by atomic mass is 35.5. The minimum atomic E-state index is -0.0864. The van der Waals surface area contributed by atoms with Crippen LogP contribution in [0.2, 0.25) is 10.0 Å². The quantitative estimate of drug-likeness (QED) is 0.784. The summed E-state index contributed by atoms with van der Waals surface area (Å²) in [6.07, 6.45) is 2.24. The Morgan fingerprint density at radius 3 is 2.71 bits per heavy atom. The molecule has 6 heteroatoms. The molecule has 0 spiro atoms. The van der Waals surface area contributed by atoms with Gasteiger partial charge in [-0.25, -0.2) is 9.50 Å². The van der Waals surface area contributed by atoms with Crippen molar-refractivity contribution < 1.29 is 0 Å². The van der Waals surface area contributed by atoms with Crippen molar-refractivity contribution in [3.63, 3.8) is 0 Å². The zero-order chi connectivity index (χ0) is 15.1. The molecular formula is C15H13Cl2N3O. The molecule has 3 aromatic rings. The number of rotatable bonds is 2. The Balaban J connectivity index is 2.12. The minimum Gasteiger partial charge on any atom is -0.297 e. The molecule has 0 atom stereocenters. The van der Waals surface area contributed by atoms with E-state index in [1.54, 1.807) is 18.3 Å². The van der Waals surface area contributed by atoms with Crippen molar-refractivity contribution >= 4 is 28.8 Å². The van der Waals surface area contributed by atoms with Gasteiger partial charge in [-0.15, -0.1) is 0 Å². The number of nitrogens with one attached hydrogen (secondary N) is 1. The molecule has 2 aromatic heterocycles. The molecule has 0 saturated carbocycles. The molecule has 0 unspecified atom stereocenters. The maximum Gasteiger partial charge on any atom is 0.276 e. The molecule has 21 heavy (non-hydrogen) atoms. The van der Waals surface area contributed by atoms with Gasteiger partial charge in [0.15, 0.2) is 5.65 Å². The Morgan fingerprint density at radius 2 is 2.00 bits per heavy atom. The van der Waals surface area contributed by atoms with Gasteiger partial charge in [-0.05, 0) is 31.5 Å². The van der Waals surface area contributed by atoms with E-state index in [4.69, 9.17) is 23.2 Å². The van der Waals surface area contributed by atoms with E-state index >= 15 is 0 Å². The molecule has 4 nitrogen and oxygen atoms in total. The molecule has 0 radical (unpaired) electrons. The summed E-state index contributed by atoms with van der Waals surface area (Å²) < 4.78 is 1.47. The van der Waals surface area contributed by atoms with Crippen LogP contribution in [-0.4, -0.2) is 14.6 Å². The first-order chi connectivity index (χ1) is 9.97. The first kappa shape index (κ1) is 14.2. The molecular weight excluding hydrogens is 309 g/mol. The van der Waals surface area contributed by atoms with Crippen molar-refractivity contribution in [2.24, 2.45) is 0 Å². The number of aromatic amines is 1. The Morgan fingerprint density at radius 1 is 1.24 bits per heavy atom. The molecule has 0 aliphatic heterocycles. The Labute approximate surface area is 131 Å². The predicted molar refractivity (Wildman–Crippen MR) is 84.6 cm³/mol. The van der Waals surface area contributed by atoms with Gasteiger partial charge in [0.05, 0.1) is 10.0 Å². The van der Waals surface area contributed by atoms with Gasteiger partial charge in [0.2, 0.25) is 0 Å². The molecule has 2 heterocycles. The standard InChI is InChI=1S/C15H13Cl2N3O/c1-8-7-18-20-14(8)19-9(2)11(15(20)21)5-10-3-4-12(16)13(17)6-10/h3-4,6-7,18H,5H2,1-2H3. The number of nitrogens with zero attached hydrogens (tertiary/aromatic N) is 2. The van der Waals surface area contributed by atoms with E-state index in [1.807, 2.05) is 19.9 Å². The van der Waals surface area contributed by atoms with Crippen LogP contribution in [0.1, 0.15) is 22.4 Å². The highest BCUT2D eigenvalue weighted by Crippen LogP contribution is 2.23. The Bertz CT molecular complexity index is 896. The monoisotopic (exact) mass is 321 g/mol. The van der Waals surface area contributed by atoms with Crippen LogP contribution < -0.4 is 5.56 Å². The predicted octanol–water partition coefficient (Wildman–Crippen LogP) is 3.54. The van der Waals surface area contributed by atoms with Gasteiger partial charge in [0, 0.05) is 29.4 Å². The molecule has 1 N–H and O–H groups in total. The second-order valence-corrected chi connectivity index (χ2v) is 5.84. The van der Waals surface area contributed by atoms with Gasteiger partial charge in [-0.3, -0.25) is 9.89 Å². The topological polar surface area (TPSA) is 50.2 Å². The first-order valence-corrected chi connectivity index (χ1v) is 7.23. The Hall–Kier alpha value is -1.78. The number of hydrogen-bond acceptors (Lipinski definition) is 2. The van der Waals surface area contributed by atoms with Gasteiger partial charge in [-0.2, -0.15) is 0 Å². The molecule has 0 fully saturated rings. The number of benzene rings is 1. The van der Waals surface area contributed by atoms with Gasteiger partial charge >= 0.3 is 0 Å². The largest absolute Gasteiger partial charge is 0.297 e. The van der Waals surface area contributed by atoms with E-state index in [1.165, 1.54) is 4.52 Å². The number of H-pyrrole nitrogens is 1. The summed E-state index contributed by atoms with van der Waals surface area (Å²) in [6.45, 7) is 3.76. The Kier molecular flexibility index (Phi) is 3.51. The van der Waals surface area contributed by atoms with Crippen molar-refractivity contribution in [1.82, 2.24) is 14.6 Å². The van der Waals surface area contributed by atoms with Crippen molar-refractivity contribution in [2.75, 3.05) is 0 Å². The van der Waals surface area contributed by atoms with E-state index in [9.17, 15) is 4.79 Å². The lowest BCUT2D eigenvalue weighted by atomic mass is 10.1. The van der Waals surface area contributed by atoms with Crippen LogP contribution >= 0.6 is 23.2 Å². The van der Waals surface area contributed by atoms with Crippen molar-refractivity contribution in [3.05, 3.63) is 67.2 Å². The lowest BCUT2D eigenvalue weighted by molar-refractivity contribution is 0.859. The number of fused-ring (bicyclic) bond motifs is 1. The van der Waals surface area contributed by atoms with Crippen LogP contribution in [0.4, 0.5) is 0 Å². The third-order valence-electron chi connectivity index (χ3n) is 3.51. The third-order valence-corrected chi connectivity index (χ3v) is 4.25. The van der Waals surface area contributed by atoms with Crippen LogP contribution in [0, 0.1) is 13.8 Å². The summed E-state index contributed by atoms with van der Waals surface area (Å²) in [5, 5.41) is 3.91. The van der Waals surface area contributed by atoms with Crippen LogP contribution in [0.5, 0.6) is 0 Å². The number of aryl methyl sites for hydroxylation is 2. The van der Waals surface area contributed by atoms with E-state index in [0.717, 1.165) is 16.8 Å². The van der Waals surface area contributed by atoms with E-state index in [0.29, 0.717) is 27.7 Å². The molecule has 0 amide bonds. The minimum absolute atomic E-state index is 0.0864. The maximum absolute atomic E-state index is 12.6. The highest BCUT2D eigenvalue weighted by Gasteiger charge is 2.13. The summed E-state index contributed by atoms with van der Waals surface area (Å²) in [6, 6.07) is 5.37. The molecule has 0 bridgehead atoms. The van der Waals surface area contributed by atoms with E-state index in [2.05, 4.69) is 10.1 Å². The van der Waals surface area contributed by atoms with E-state index < -0.39 is 0 Å². The fourth-order valence-corrected chi connectivity index (χ4v) is 2.65. The normalized spacial score (nSPS) is 11.2. The summed E-state index contributed by atoms with van der Waals surface area (Å²) in [4.78, 5) is 17.1. The fourth-order valence-electron chi connectivity index (χ4n) is 2.33. The van der Waals surface area contributed by atoms with Gasteiger partial charge in [-0.1, -0.05) is 29.3 Å². The third kappa shape index (κ3) is 2.45. The van der Waals surface area contributed by atoms with Gasteiger partial charge in [0.1, 0.15) is 0 Å². The number of aromatic nitrogens is 3. The van der Waals surface area contributed by atoms with Crippen LogP contribution in [0.3, 0.4) is 0 Å². The summed E-state index contributed by atoms with van der Waals surface area (Å²) in [5.41, 5.74) is 3.82. The van der Waals surface area contributed by atoms with Crippen molar-refractivity contribution in [2.45, 2.75) is 20.3 Å². The summed E-state index contributed by atoms with van der Waals surface area (Å²) >= 11 is 11.9.